The molecule has 302 valence electrons. The molecule has 5 aromatic rings. The second-order valence-electron chi connectivity index (χ2n) is 16.8. The van der Waals surface area contributed by atoms with Crippen LogP contribution in [0.3, 0.4) is 0 Å². The second kappa shape index (κ2) is 15.5. The maximum Gasteiger partial charge on any atom is 0.410 e. The molecule has 8 rings (SSSR count). The van der Waals surface area contributed by atoms with E-state index in [0.29, 0.717) is 52.9 Å². The molecule has 0 saturated carbocycles. The molecule has 0 aliphatic carbocycles. The summed E-state index contributed by atoms with van der Waals surface area (Å²) < 4.78 is 13.6. The summed E-state index contributed by atoms with van der Waals surface area (Å²) in [5, 5.41) is 7.96. The van der Waals surface area contributed by atoms with Gasteiger partial charge in [-0.3, -0.25) is 19.5 Å². The van der Waals surface area contributed by atoms with Gasteiger partial charge in [-0.15, -0.1) is 0 Å². The minimum absolute atomic E-state index is 0.0234. The van der Waals surface area contributed by atoms with Gasteiger partial charge in [0.05, 0.1) is 35.1 Å². The number of nitrogens with zero attached hydrogens (tertiary/aromatic N) is 5. The van der Waals surface area contributed by atoms with Gasteiger partial charge in [0.25, 0.3) is 0 Å². The van der Waals surface area contributed by atoms with Crippen molar-refractivity contribution in [3.05, 3.63) is 88.2 Å². The minimum Gasteiger partial charge on any atom is -0.496 e. The molecule has 3 fully saturated rings. The first-order chi connectivity index (χ1) is 27.7. The predicted octanol–water partition coefficient (Wildman–Crippen LogP) is 7.62. The zero-order valence-corrected chi connectivity index (χ0v) is 34.8. The Bertz CT molecular complexity index is 2440. The maximum atomic E-state index is 13.3. The highest BCUT2D eigenvalue weighted by atomic mass is 35.5. The van der Waals surface area contributed by atoms with Crippen LogP contribution in [0.4, 0.5) is 4.79 Å². The number of benzene rings is 2. The van der Waals surface area contributed by atoms with E-state index in [9.17, 15) is 14.4 Å². The number of rotatable bonds is 10. The molecule has 0 radical (unpaired) electrons. The quantitative estimate of drug-likeness (QED) is 0.147. The topological polar surface area (TPSA) is 131 Å². The molecule has 3 aliphatic heterocycles. The van der Waals surface area contributed by atoms with Crippen molar-refractivity contribution in [1.29, 1.82) is 0 Å². The Kier molecular flexibility index (Phi) is 10.6. The molecule has 58 heavy (non-hydrogen) atoms. The molecule has 2 aromatic carbocycles. The number of aryl methyl sites for hydroxylation is 1. The Morgan fingerprint density at radius 3 is 2.48 bits per heavy atom. The molecule has 3 saturated heterocycles. The Balaban J connectivity index is 1.04. The molecule has 12 nitrogen and oxygen atoms in total. The third-order valence-corrected chi connectivity index (χ3v) is 12.0. The van der Waals surface area contributed by atoms with Crippen molar-refractivity contribution >= 4 is 52.1 Å². The molecule has 14 heteroatoms. The van der Waals surface area contributed by atoms with E-state index in [1.807, 2.05) is 76.3 Å². The van der Waals surface area contributed by atoms with Crippen molar-refractivity contribution in [3.8, 4) is 39.4 Å². The fourth-order valence-electron chi connectivity index (χ4n) is 8.47. The molecule has 0 unspecified atom stereocenters. The van der Waals surface area contributed by atoms with Gasteiger partial charge in [-0.2, -0.15) is 0 Å². The molecule has 0 bridgehead atoms. The van der Waals surface area contributed by atoms with E-state index >= 15 is 0 Å². The lowest BCUT2D eigenvalue weighted by Crippen LogP contribution is -2.56. The Morgan fingerprint density at radius 1 is 1.00 bits per heavy atom. The first kappa shape index (κ1) is 39.6. The van der Waals surface area contributed by atoms with Crippen LogP contribution in [0.2, 0.25) is 10.0 Å². The van der Waals surface area contributed by atoms with Crippen LogP contribution < -0.4 is 15.4 Å². The van der Waals surface area contributed by atoms with Gasteiger partial charge in [0.15, 0.2) is 0 Å². The molecule has 3 amide bonds. The normalized spacial score (nSPS) is 17.7. The van der Waals surface area contributed by atoms with Crippen LogP contribution in [0.25, 0.3) is 44.7 Å². The standard InChI is InChI=1S/C44H47Cl2N7O5/c1-43(2,3)58-42(56)53(22-29-11-14-36(54)49-29)21-27-10-9-26(17-35(27)57-5)40-39(46)32(15-16-47-40)31-7-6-8-33(38(31)45)34-13-12-30-28(19-51(4)41(30)50-34)20-52-24-44(25-52)18-37(55)48-23-44/h6-10,12-13,15-17,19,29H,11,14,18,20-25H2,1-5H3,(H,48,55)(H,49,54)/t29-/m0/s1. The molecule has 1 atom stereocenters. The van der Waals surface area contributed by atoms with Crippen molar-refractivity contribution in [1.82, 2.24) is 35.0 Å². The summed E-state index contributed by atoms with van der Waals surface area (Å²) in [5.74, 6) is 0.675. The lowest BCUT2D eigenvalue weighted by Gasteiger charge is -2.47. The number of ether oxygens (including phenoxy) is 2. The number of amides is 3. The summed E-state index contributed by atoms with van der Waals surface area (Å²) >= 11 is 14.4. The Hall–Kier alpha value is -5.17. The van der Waals surface area contributed by atoms with Gasteiger partial charge < -0.3 is 29.6 Å². The number of carbonyl (C=O) groups is 3. The second-order valence-corrected chi connectivity index (χ2v) is 17.6. The zero-order chi connectivity index (χ0) is 40.9. The lowest BCUT2D eigenvalue weighted by atomic mass is 9.79. The maximum absolute atomic E-state index is 13.3. The van der Waals surface area contributed by atoms with Crippen molar-refractivity contribution in [2.24, 2.45) is 12.5 Å². The number of aromatic nitrogens is 3. The van der Waals surface area contributed by atoms with E-state index in [4.69, 9.17) is 37.7 Å². The fraction of sp³-hybridized carbons (Fsp3) is 0.386. The van der Waals surface area contributed by atoms with Crippen molar-refractivity contribution in [3.63, 3.8) is 0 Å². The van der Waals surface area contributed by atoms with Crippen LogP contribution in [0, 0.1) is 5.41 Å². The summed E-state index contributed by atoms with van der Waals surface area (Å²) in [7, 11) is 3.58. The van der Waals surface area contributed by atoms with Crippen LogP contribution in [0.5, 0.6) is 5.75 Å². The number of carbonyl (C=O) groups excluding carboxylic acids is 3. The third kappa shape index (κ3) is 7.97. The van der Waals surface area contributed by atoms with E-state index in [2.05, 4.69) is 37.3 Å². The van der Waals surface area contributed by atoms with Gasteiger partial charge in [-0.05, 0) is 57.0 Å². The van der Waals surface area contributed by atoms with Gasteiger partial charge in [0.1, 0.15) is 17.0 Å². The Labute approximate surface area is 347 Å². The molecule has 3 aliphatic rings. The first-order valence-electron chi connectivity index (χ1n) is 19.5. The van der Waals surface area contributed by atoms with Gasteiger partial charge in [-0.25, -0.2) is 9.78 Å². The highest BCUT2D eigenvalue weighted by molar-refractivity contribution is 6.39. The summed E-state index contributed by atoms with van der Waals surface area (Å²) in [6.07, 6.45) is 5.05. The van der Waals surface area contributed by atoms with E-state index < -0.39 is 11.7 Å². The number of halogens is 2. The molecule has 2 N–H and O–H groups in total. The largest absolute Gasteiger partial charge is 0.496 e. The van der Waals surface area contributed by atoms with Crippen molar-refractivity contribution < 1.29 is 23.9 Å². The van der Waals surface area contributed by atoms with Crippen LogP contribution in [0.1, 0.15) is 51.2 Å². The van der Waals surface area contributed by atoms with Gasteiger partial charge in [0, 0.05) is 110 Å². The number of hydrogen-bond donors (Lipinski definition) is 2. The average molecular weight is 825 g/mol. The molecule has 6 heterocycles. The SMILES string of the molecule is COc1cc(-c2nccc(-c3cccc(-c4ccc5c(CN6CC7(CNC(=O)C7)C6)cn(C)c5n4)c3Cl)c2Cl)ccc1CN(C[C@@H]1CCC(=O)N1)C(=O)OC(C)(C)C. The Morgan fingerprint density at radius 2 is 1.78 bits per heavy atom. The van der Waals surface area contributed by atoms with Gasteiger partial charge in [0.2, 0.25) is 11.8 Å². The molecular weight excluding hydrogens is 777 g/mol. The number of methoxy groups -OCH3 is 1. The van der Waals surface area contributed by atoms with E-state index in [0.717, 1.165) is 65.2 Å². The number of likely N-dealkylation sites (tertiary alicyclic amines) is 1. The van der Waals surface area contributed by atoms with Gasteiger partial charge in [-0.1, -0.05) is 53.5 Å². The van der Waals surface area contributed by atoms with E-state index in [1.54, 1.807) is 18.2 Å². The van der Waals surface area contributed by atoms with E-state index in [1.165, 1.54) is 5.56 Å². The third-order valence-electron chi connectivity index (χ3n) is 11.2. The summed E-state index contributed by atoms with van der Waals surface area (Å²) in [6.45, 7) is 9.36. The number of hydrogen-bond acceptors (Lipinski definition) is 8. The fourth-order valence-corrected chi connectivity index (χ4v) is 9.12. The first-order valence-corrected chi connectivity index (χ1v) is 20.3. The highest BCUT2D eigenvalue weighted by Gasteiger charge is 2.48. The number of nitrogens with one attached hydrogen (secondary N) is 2. The van der Waals surface area contributed by atoms with E-state index in [-0.39, 0.29) is 29.8 Å². The number of pyridine rings is 2. The van der Waals surface area contributed by atoms with Crippen molar-refractivity contribution in [2.45, 2.75) is 64.8 Å². The van der Waals surface area contributed by atoms with Crippen molar-refractivity contribution in [2.75, 3.05) is 33.3 Å². The van der Waals surface area contributed by atoms with Gasteiger partial charge >= 0.3 is 6.09 Å². The minimum atomic E-state index is -0.690. The van der Waals surface area contributed by atoms with Crippen LogP contribution in [-0.2, 0) is 34.5 Å². The highest BCUT2D eigenvalue weighted by Crippen LogP contribution is 2.43. The predicted molar refractivity (Wildman–Crippen MR) is 225 cm³/mol. The van der Waals surface area contributed by atoms with Crippen LogP contribution >= 0.6 is 23.2 Å². The summed E-state index contributed by atoms with van der Waals surface area (Å²) in [6, 6.07) is 17.3. The zero-order valence-electron chi connectivity index (χ0n) is 33.3. The summed E-state index contributed by atoms with van der Waals surface area (Å²) in [4.78, 5) is 50.8. The molecular formula is C44H47Cl2N7O5. The average Bonchev–Trinajstić information content (AvgIpc) is 3.86. The summed E-state index contributed by atoms with van der Waals surface area (Å²) in [5.41, 5.74) is 6.45. The molecule has 1 spiro atoms. The smallest absolute Gasteiger partial charge is 0.410 e. The van der Waals surface area contributed by atoms with Crippen LogP contribution in [0.15, 0.2) is 67.0 Å². The number of fused-ring (bicyclic) bond motifs is 1. The van der Waals surface area contributed by atoms with Crippen LogP contribution in [-0.4, -0.2) is 87.2 Å². The lowest BCUT2D eigenvalue weighted by molar-refractivity contribution is -0.121. The monoisotopic (exact) mass is 823 g/mol. The molecule has 3 aromatic heterocycles.